The summed E-state index contributed by atoms with van der Waals surface area (Å²) in [5.41, 5.74) is 7.14. The first-order valence-electron chi connectivity index (χ1n) is 5.36. The summed E-state index contributed by atoms with van der Waals surface area (Å²) < 4.78 is 0. The van der Waals surface area contributed by atoms with E-state index in [1.165, 1.54) is 18.3 Å². The van der Waals surface area contributed by atoms with E-state index in [9.17, 15) is 10.1 Å². The Morgan fingerprint density at radius 3 is 2.89 bits per heavy atom. The number of hydrogen-bond acceptors (Lipinski definition) is 5. The highest BCUT2D eigenvalue weighted by molar-refractivity contribution is 5.65. The summed E-state index contributed by atoms with van der Waals surface area (Å²) in [6.07, 6.45) is 1.50. The van der Waals surface area contributed by atoms with Gasteiger partial charge in [0.25, 0.3) is 0 Å². The van der Waals surface area contributed by atoms with Crippen LogP contribution in [0.2, 0.25) is 0 Å². The number of hydrogen-bond donors (Lipinski definition) is 2. The molecule has 0 aliphatic carbocycles. The molecule has 1 aromatic carbocycles. The fourth-order valence-corrected chi connectivity index (χ4v) is 1.55. The Balaban J connectivity index is 2.31. The van der Waals surface area contributed by atoms with E-state index in [4.69, 9.17) is 5.73 Å². The largest absolute Gasteiger partial charge is 0.334 e. The number of aromatic nitrogens is 1. The molecule has 0 saturated carbocycles. The van der Waals surface area contributed by atoms with Gasteiger partial charge in [-0.1, -0.05) is 12.1 Å². The second-order valence-corrected chi connectivity index (χ2v) is 3.66. The number of benzene rings is 1. The molecule has 0 atom stereocenters. The van der Waals surface area contributed by atoms with Gasteiger partial charge in [0.15, 0.2) is 0 Å². The molecule has 1 aromatic heterocycles. The zero-order valence-corrected chi connectivity index (χ0v) is 9.54. The van der Waals surface area contributed by atoms with E-state index >= 15 is 0 Å². The Labute approximate surface area is 104 Å². The van der Waals surface area contributed by atoms with Gasteiger partial charge in [-0.25, -0.2) is 4.98 Å². The number of nitrogens with zero attached hydrogens (tertiary/aromatic N) is 2. The van der Waals surface area contributed by atoms with Crippen molar-refractivity contribution in [2.24, 2.45) is 5.73 Å². The molecule has 18 heavy (non-hydrogen) atoms. The smallest absolute Gasteiger partial charge is 0.311 e. The van der Waals surface area contributed by atoms with Crippen LogP contribution in [0.1, 0.15) is 5.56 Å². The topological polar surface area (TPSA) is 94.1 Å². The third kappa shape index (κ3) is 2.61. The average Bonchev–Trinajstić information content (AvgIpc) is 2.39. The fraction of sp³-hybridized carbons (Fsp3) is 0.0833. The van der Waals surface area contributed by atoms with Gasteiger partial charge in [0, 0.05) is 24.5 Å². The third-order valence-electron chi connectivity index (χ3n) is 2.41. The standard InChI is InChI=1S/C12H12N4O2/c13-8-9-3-1-4-10(7-9)15-12-11(16(17)18)5-2-6-14-12/h1-7H,8,13H2,(H,14,15). The van der Waals surface area contributed by atoms with Gasteiger partial charge in [0.05, 0.1) is 4.92 Å². The maximum absolute atomic E-state index is 10.8. The third-order valence-corrected chi connectivity index (χ3v) is 2.41. The number of anilines is 2. The molecule has 3 N–H and O–H groups in total. The van der Waals surface area contributed by atoms with E-state index in [2.05, 4.69) is 10.3 Å². The molecule has 2 rings (SSSR count). The summed E-state index contributed by atoms with van der Waals surface area (Å²) in [6, 6.07) is 10.3. The minimum atomic E-state index is -0.470. The molecule has 6 nitrogen and oxygen atoms in total. The summed E-state index contributed by atoms with van der Waals surface area (Å²) in [5, 5.41) is 13.8. The molecule has 0 saturated heterocycles. The van der Waals surface area contributed by atoms with Crippen molar-refractivity contribution in [3.63, 3.8) is 0 Å². The van der Waals surface area contributed by atoms with Crippen molar-refractivity contribution >= 4 is 17.2 Å². The number of nitrogens with two attached hydrogens (primary N) is 1. The quantitative estimate of drug-likeness (QED) is 0.635. The van der Waals surface area contributed by atoms with Crippen molar-refractivity contribution in [3.8, 4) is 0 Å². The number of nitrogens with one attached hydrogen (secondary N) is 1. The Kier molecular flexibility index (Phi) is 3.49. The van der Waals surface area contributed by atoms with Gasteiger partial charge < -0.3 is 11.1 Å². The van der Waals surface area contributed by atoms with Crippen LogP contribution in [0.15, 0.2) is 42.6 Å². The molecule has 0 unspecified atom stereocenters. The highest BCUT2D eigenvalue weighted by atomic mass is 16.6. The van der Waals surface area contributed by atoms with Gasteiger partial charge in [0.2, 0.25) is 5.82 Å². The molecule has 0 bridgehead atoms. The van der Waals surface area contributed by atoms with E-state index < -0.39 is 4.92 Å². The summed E-state index contributed by atoms with van der Waals surface area (Å²) in [7, 11) is 0. The first kappa shape index (κ1) is 12.0. The zero-order chi connectivity index (χ0) is 13.0. The van der Waals surface area contributed by atoms with Crippen molar-refractivity contribution in [2.45, 2.75) is 6.54 Å². The first-order valence-corrected chi connectivity index (χ1v) is 5.36. The van der Waals surface area contributed by atoms with Crippen molar-refractivity contribution in [2.75, 3.05) is 5.32 Å². The van der Waals surface area contributed by atoms with Crippen molar-refractivity contribution in [1.29, 1.82) is 0 Å². The SMILES string of the molecule is NCc1cccc(Nc2ncccc2[N+](=O)[O-])c1. The molecule has 0 radical (unpaired) electrons. The summed E-state index contributed by atoms with van der Waals surface area (Å²) >= 11 is 0. The summed E-state index contributed by atoms with van der Waals surface area (Å²) in [4.78, 5) is 14.3. The average molecular weight is 244 g/mol. The molecular formula is C12H12N4O2. The van der Waals surface area contributed by atoms with Crippen molar-refractivity contribution < 1.29 is 4.92 Å². The van der Waals surface area contributed by atoms with Crippen molar-refractivity contribution in [3.05, 3.63) is 58.3 Å². The van der Waals surface area contributed by atoms with Crippen LogP contribution in [-0.4, -0.2) is 9.91 Å². The molecule has 0 spiro atoms. The van der Waals surface area contributed by atoms with Crippen LogP contribution in [0.5, 0.6) is 0 Å². The Bertz CT molecular complexity index is 572. The van der Waals surface area contributed by atoms with Gasteiger partial charge in [-0.2, -0.15) is 0 Å². The molecule has 0 aliphatic rings. The summed E-state index contributed by atoms with van der Waals surface area (Å²) in [5.74, 6) is 0.219. The van der Waals surface area contributed by atoms with E-state index in [1.54, 1.807) is 6.07 Å². The minimum absolute atomic E-state index is 0.0596. The molecule has 0 fully saturated rings. The molecule has 1 heterocycles. The lowest BCUT2D eigenvalue weighted by Crippen LogP contribution is -2.01. The maximum atomic E-state index is 10.8. The van der Waals surface area contributed by atoms with Crippen LogP contribution in [-0.2, 0) is 6.54 Å². The lowest BCUT2D eigenvalue weighted by Gasteiger charge is -2.07. The van der Waals surface area contributed by atoms with Crippen LogP contribution in [0, 0.1) is 10.1 Å². The molecule has 6 heteroatoms. The van der Waals surface area contributed by atoms with Crippen LogP contribution in [0.4, 0.5) is 17.2 Å². The first-order chi connectivity index (χ1) is 8.70. The lowest BCUT2D eigenvalue weighted by molar-refractivity contribution is -0.384. The van der Waals surface area contributed by atoms with Crippen LogP contribution in [0.25, 0.3) is 0 Å². The van der Waals surface area contributed by atoms with Gasteiger partial charge in [-0.05, 0) is 23.8 Å². The molecule has 0 amide bonds. The van der Waals surface area contributed by atoms with Crippen LogP contribution < -0.4 is 11.1 Å². The number of pyridine rings is 1. The molecule has 2 aromatic rings. The van der Waals surface area contributed by atoms with Gasteiger partial charge in [-0.15, -0.1) is 0 Å². The second kappa shape index (κ2) is 5.24. The predicted octanol–water partition coefficient (Wildman–Crippen LogP) is 2.19. The summed E-state index contributed by atoms with van der Waals surface area (Å²) in [6.45, 7) is 0.416. The monoisotopic (exact) mass is 244 g/mol. The fourth-order valence-electron chi connectivity index (χ4n) is 1.55. The highest BCUT2D eigenvalue weighted by Crippen LogP contribution is 2.24. The minimum Gasteiger partial charge on any atom is -0.334 e. The Morgan fingerprint density at radius 2 is 2.17 bits per heavy atom. The van der Waals surface area contributed by atoms with E-state index in [-0.39, 0.29) is 11.5 Å². The normalized spacial score (nSPS) is 10.1. The Morgan fingerprint density at radius 1 is 1.33 bits per heavy atom. The van der Waals surface area contributed by atoms with Crippen molar-refractivity contribution in [1.82, 2.24) is 4.98 Å². The van der Waals surface area contributed by atoms with E-state index in [0.29, 0.717) is 6.54 Å². The van der Waals surface area contributed by atoms with Gasteiger partial charge in [-0.3, -0.25) is 10.1 Å². The number of nitro groups is 1. The zero-order valence-electron chi connectivity index (χ0n) is 9.54. The maximum Gasteiger partial charge on any atom is 0.311 e. The number of rotatable bonds is 4. The van der Waals surface area contributed by atoms with E-state index in [0.717, 1.165) is 11.3 Å². The molecule has 92 valence electrons. The molecule has 0 aliphatic heterocycles. The van der Waals surface area contributed by atoms with E-state index in [1.807, 2.05) is 18.2 Å². The lowest BCUT2D eigenvalue weighted by atomic mass is 10.2. The van der Waals surface area contributed by atoms with Crippen LogP contribution in [0.3, 0.4) is 0 Å². The van der Waals surface area contributed by atoms with Gasteiger partial charge >= 0.3 is 5.69 Å². The molecular weight excluding hydrogens is 232 g/mol. The Hall–Kier alpha value is -2.47. The van der Waals surface area contributed by atoms with Gasteiger partial charge in [0.1, 0.15) is 0 Å². The predicted molar refractivity (Wildman–Crippen MR) is 68.5 cm³/mol. The van der Waals surface area contributed by atoms with Crippen LogP contribution >= 0.6 is 0 Å². The second-order valence-electron chi connectivity index (χ2n) is 3.66. The highest BCUT2D eigenvalue weighted by Gasteiger charge is 2.13.